The second-order valence-electron chi connectivity index (χ2n) is 4.76. The number of sulfonamides is 1. The summed E-state index contributed by atoms with van der Waals surface area (Å²) in [4.78, 5) is 0.242. The summed E-state index contributed by atoms with van der Waals surface area (Å²) in [5, 5.41) is 0. The first-order chi connectivity index (χ1) is 9.64. The summed E-state index contributed by atoms with van der Waals surface area (Å²) in [6, 6.07) is 4.99. The van der Waals surface area contributed by atoms with Crippen LogP contribution in [-0.2, 0) is 14.8 Å². The van der Waals surface area contributed by atoms with Crippen LogP contribution in [0.4, 0.5) is 0 Å². The van der Waals surface area contributed by atoms with Crippen molar-refractivity contribution in [1.29, 1.82) is 0 Å². The third kappa shape index (κ3) is 2.22. The van der Waals surface area contributed by atoms with Gasteiger partial charge < -0.3 is 4.74 Å². The number of fused-ring (bicyclic) bond motifs is 1. The summed E-state index contributed by atoms with van der Waals surface area (Å²) < 4.78 is 40.6. The minimum Gasteiger partial charge on any atom is -0.383 e. The highest BCUT2D eigenvalue weighted by Crippen LogP contribution is 2.29. The number of hydrogen-bond donors (Lipinski definition) is 0. The van der Waals surface area contributed by atoms with Gasteiger partial charge in [-0.2, -0.15) is 13.1 Å². The van der Waals surface area contributed by atoms with Crippen LogP contribution in [0.5, 0.6) is 0 Å². The molecule has 1 atom stereocenters. The van der Waals surface area contributed by atoms with E-state index >= 15 is 0 Å². The summed E-state index contributed by atoms with van der Waals surface area (Å²) in [5.74, 6) is 0. The summed E-state index contributed by atoms with van der Waals surface area (Å²) >= 11 is 1.03. The highest BCUT2D eigenvalue weighted by molar-refractivity contribution is 7.89. The molecule has 0 saturated carbocycles. The van der Waals surface area contributed by atoms with Crippen LogP contribution >= 0.6 is 11.7 Å². The van der Waals surface area contributed by atoms with Gasteiger partial charge in [-0.1, -0.05) is 6.07 Å². The normalized spacial score (nSPS) is 20.8. The predicted molar refractivity (Wildman–Crippen MR) is 76.2 cm³/mol. The minimum atomic E-state index is -3.55. The molecule has 1 fully saturated rings. The standard InChI is InChI=1S/C12H15N3O3S2/c1-18-8-9-4-3-7-15(9)20(16,17)11-6-2-5-10-12(11)14-19-13-10/h2,5-6,9H,3-4,7-8H2,1H3/t9-/m0/s1. The molecule has 2 heterocycles. The van der Waals surface area contributed by atoms with E-state index in [1.165, 1.54) is 4.31 Å². The van der Waals surface area contributed by atoms with E-state index in [9.17, 15) is 8.42 Å². The van der Waals surface area contributed by atoms with Crippen LogP contribution in [0, 0.1) is 0 Å². The van der Waals surface area contributed by atoms with Crippen molar-refractivity contribution in [2.75, 3.05) is 20.3 Å². The van der Waals surface area contributed by atoms with E-state index in [1.807, 2.05) is 0 Å². The summed E-state index contributed by atoms with van der Waals surface area (Å²) in [7, 11) is -1.96. The zero-order valence-electron chi connectivity index (χ0n) is 11.0. The van der Waals surface area contributed by atoms with Gasteiger partial charge in [0, 0.05) is 19.7 Å². The molecule has 1 aliphatic heterocycles. The second kappa shape index (κ2) is 5.36. The van der Waals surface area contributed by atoms with Crippen LogP contribution in [0.1, 0.15) is 12.8 Å². The van der Waals surface area contributed by atoms with Crippen molar-refractivity contribution in [1.82, 2.24) is 13.1 Å². The van der Waals surface area contributed by atoms with Gasteiger partial charge in [0.25, 0.3) is 0 Å². The zero-order valence-corrected chi connectivity index (χ0v) is 12.7. The molecule has 0 radical (unpaired) electrons. The SMILES string of the molecule is COC[C@@H]1CCCN1S(=O)(=O)c1cccc2nsnc12. The van der Waals surface area contributed by atoms with Gasteiger partial charge >= 0.3 is 0 Å². The van der Waals surface area contributed by atoms with Crippen LogP contribution in [-0.4, -0.2) is 47.8 Å². The highest BCUT2D eigenvalue weighted by atomic mass is 32.2. The highest BCUT2D eigenvalue weighted by Gasteiger charge is 2.36. The quantitative estimate of drug-likeness (QED) is 0.855. The molecule has 1 saturated heterocycles. The fourth-order valence-corrected chi connectivity index (χ4v) is 5.03. The molecule has 0 spiro atoms. The molecule has 3 rings (SSSR count). The van der Waals surface area contributed by atoms with E-state index in [1.54, 1.807) is 25.3 Å². The Hall–Kier alpha value is -1.09. The molecule has 0 unspecified atom stereocenters. The topological polar surface area (TPSA) is 72.4 Å². The van der Waals surface area contributed by atoms with E-state index in [0.29, 0.717) is 24.2 Å². The molecule has 6 nitrogen and oxygen atoms in total. The van der Waals surface area contributed by atoms with Crippen molar-refractivity contribution in [2.24, 2.45) is 0 Å². The van der Waals surface area contributed by atoms with Crippen molar-refractivity contribution >= 4 is 32.8 Å². The van der Waals surface area contributed by atoms with Crippen LogP contribution in [0.15, 0.2) is 23.1 Å². The van der Waals surface area contributed by atoms with Gasteiger partial charge in [-0.05, 0) is 25.0 Å². The fourth-order valence-electron chi connectivity index (χ4n) is 2.60. The average molecular weight is 313 g/mol. The third-order valence-corrected chi connectivity index (χ3v) is 6.04. The van der Waals surface area contributed by atoms with Crippen molar-refractivity contribution in [3.8, 4) is 0 Å². The van der Waals surface area contributed by atoms with E-state index in [-0.39, 0.29) is 10.9 Å². The van der Waals surface area contributed by atoms with Crippen LogP contribution in [0.3, 0.4) is 0 Å². The van der Waals surface area contributed by atoms with Gasteiger partial charge in [0.15, 0.2) is 0 Å². The maximum atomic E-state index is 12.8. The Morgan fingerprint density at radius 2 is 2.30 bits per heavy atom. The number of nitrogens with zero attached hydrogens (tertiary/aromatic N) is 3. The van der Waals surface area contributed by atoms with E-state index in [2.05, 4.69) is 8.75 Å². The summed E-state index contributed by atoms with van der Waals surface area (Å²) in [6.45, 7) is 0.953. The Morgan fingerprint density at radius 1 is 1.45 bits per heavy atom. The van der Waals surface area contributed by atoms with E-state index in [4.69, 9.17) is 4.74 Å². The second-order valence-corrected chi connectivity index (χ2v) is 7.14. The number of aromatic nitrogens is 2. The third-order valence-electron chi connectivity index (χ3n) is 3.52. The zero-order chi connectivity index (χ0) is 14.2. The monoisotopic (exact) mass is 313 g/mol. The molecule has 0 N–H and O–H groups in total. The Kier molecular flexibility index (Phi) is 3.72. The number of ether oxygens (including phenoxy) is 1. The number of methoxy groups -OCH3 is 1. The first kappa shape index (κ1) is 13.9. The first-order valence-corrected chi connectivity index (χ1v) is 8.53. The van der Waals surface area contributed by atoms with Crippen molar-refractivity contribution in [3.63, 3.8) is 0 Å². The molecular formula is C12H15N3O3S2. The van der Waals surface area contributed by atoms with Gasteiger partial charge in [-0.25, -0.2) is 8.42 Å². The Balaban J connectivity index is 2.05. The lowest BCUT2D eigenvalue weighted by molar-refractivity contribution is 0.149. The van der Waals surface area contributed by atoms with Crippen LogP contribution < -0.4 is 0 Å². The molecule has 8 heteroatoms. The lowest BCUT2D eigenvalue weighted by Gasteiger charge is -2.23. The molecule has 1 aromatic carbocycles. The van der Waals surface area contributed by atoms with Crippen LogP contribution in [0.2, 0.25) is 0 Å². The van der Waals surface area contributed by atoms with Crippen molar-refractivity contribution in [3.05, 3.63) is 18.2 Å². The van der Waals surface area contributed by atoms with Crippen molar-refractivity contribution in [2.45, 2.75) is 23.8 Å². The molecule has 2 aromatic rings. The molecule has 1 aliphatic rings. The maximum absolute atomic E-state index is 12.8. The van der Waals surface area contributed by atoms with Crippen molar-refractivity contribution < 1.29 is 13.2 Å². The number of benzene rings is 1. The van der Waals surface area contributed by atoms with Gasteiger partial charge in [0.05, 0.1) is 18.3 Å². The summed E-state index contributed by atoms with van der Waals surface area (Å²) in [5.41, 5.74) is 1.08. The molecule has 20 heavy (non-hydrogen) atoms. The van der Waals surface area contributed by atoms with E-state index < -0.39 is 10.0 Å². The minimum absolute atomic E-state index is 0.0909. The van der Waals surface area contributed by atoms with Gasteiger partial charge in [0.1, 0.15) is 15.9 Å². The summed E-state index contributed by atoms with van der Waals surface area (Å²) in [6.07, 6.45) is 1.69. The van der Waals surface area contributed by atoms with E-state index in [0.717, 1.165) is 24.6 Å². The molecule has 0 aliphatic carbocycles. The molecule has 1 aromatic heterocycles. The molecular weight excluding hydrogens is 298 g/mol. The smallest absolute Gasteiger partial charge is 0.245 e. The molecule has 108 valence electrons. The maximum Gasteiger partial charge on any atom is 0.245 e. The first-order valence-electron chi connectivity index (χ1n) is 6.36. The Labute approximate surface area is 121 Å². The molecule has 0 amide bonds. The lowest BCUT2D eigenvalue weighted by atomic mass is 10.2. The average Bonchev–Trinajstić information content (AvgIpc) is 3.06. The largest absolute Gasteiger partial charge is 0.383 e. The lowest BCUT2D eigenvalue weighted by Crippen LogP contribution is -2.38. The Bertz CT molecular complexity index is 714. The fraction of sp³-hybridized carbons (Fsp3) is 0.500. The number of rotatable bonds is 4. The van der Waals surface area contributed by atoms with Gasteiger partial charge in [0.2, 0.25) is 10.0 Å². The predicted octanol–water partition coefficient (Wildman–Crippen LogP) is 1.49. The Morgan fingerprint density at radius 3 is 3.10 bits per heavy atom. The van der Waals surface area contributed by atoms with Gasteiger partial charge in [-0.3, -0.25) is 0 Å². The number of hydrogen-bond acceptors (Lipinski definition) is 6. The van der Waals surface area contributed by atoms with Crippen LogP contribution in [0.25, 0.3) is 11.0 Å². The van der Waals surface area contributed by atoms with Gasteiger partial charge in [-0.15, -0.1) is 0 Å². The molecule has 0 bridgehead atoms.